The number of hydrogen-bond acceptors (Lipinski definition) is 5. The Morgan fingerprint density at radius 3 is 2.90 bits per heavy atom. The molecule has 0 N–H and O–H groups in total. The van der Waals surface area contributed by atoms with E-state index in [9.17, 15) is 9.59 Å². The van der Waals surface area contributed by atoms with Crippen molar-refractivity contribution in [1.29, 1.82) is 0 Å². The highest BCUT2D eigenvalue weighted by atomic mass is 32.1. The van der Waals surface area contributed by atoms with Crippen LogP contribution < -0.4 is 5.56 Å². The first kappa shape index (κ1) is 18.3. The van der Waals surface area contributed by atoms with Crippen LogP contribution in [0, 0.1) is 6.92 Å². The van der Waals surface area contributed by atoms with Crippen LogP contribution in [0.25, 0.3) is 10.9 Å². The van der Waals surface area contributed by atoms with Crippen molar-refractivity contribution in [3.05, 3.63) is 84.7 Å². The fourth-order valence-electron chi connectivity index (χ4n) is 4.03. The number of benzene rings is 1. The van der Waals surface area contributed by atoms with E-state index in [0.717, 1.165) is 16.9 Å². The Morgan fingerprint density at radius 1 is 1.17 bits per heavy atom. The average Bonchev–Trinajstić information content (AvgIpc) is 3.41. The molecule has 1 aliphatic heterocycles. The smallest absolute Gasteiger partial charge is 0.261 e. The highest BCUT2D eigenvalue weighted by Crippen LogP contribution is 2.39. The number of amides is 1. The maximum atomic E-state index is 13.3. The Hall–Kier alpha value is -2.77. The molecular weight excluding hydrogens is 402 g/mol. The first-order valence-corrected chi connectivity index (χ1v) is 11.2. The van der Waals surface area contributed by atoms with Crippen LogP contribution in [0.4, 0.5) is 0 Å². The third-order valence-electron chi connectivity index (χ3n) is 5.46. The van der Waals surface area contributed by atoms with Gasteiger partial charge in [0.2, 0.25) is 5.91 Å². The van der Waals surface area contributed by atoms with Crippen LogP contribution in [0.2, 0.25) is 0 Å². The molecule has 0 radical (unpaired) electrons. The standard InChI is InChI=1S/C22H19N3O2S2/c1-14-4-2-5-16-20(14)23-13-24(22(16)27)12-19(26)25-9-7-17-15(8-11-29-17)21(25)18-6-3-10-28-18/h2-6,8,10-11,13,21H,7,9,12H2,1H3. The first-order valence-electron chi connectivity index (χ1n) is 9.47. The fourth-order valence-corrected chi connectivity index (χ4v) is 5.78. The molecule has 1 atom stereocenters. The van der Waals surface area contributed by atoms with Crippen LogP contribution in [0.5, 0.6) is 0 Å². The summed E-state index contributed by atoms with van der Waals surface area (Å²) in [6, 6.07) is 11.7. The molecule has 29 heavy (non-hydrogen) atoms. The molecular formula is C22H19N3O2S2. The van der Waals surface area contributed by atoms with Crippen LogP contribution in [0.1, 0.15) is 26.9 Å². The first-order chi connectivity index (χ1) is 14.1. The molecule has 0 bridgehead atoms. The Kier molecular flexibility index (Phi) is 4.56. The van der Waals surface area contributed by atoms with Gasteiger partial charge in [0.15, 0.2) is 0 Å². The molecule has 4 aromatic rings. The van der Waals surface area contributed by atoms with Crippen LogP contribution >= 0.6 is 22.7 Å². The van der Waals surface area contributed by atoms with Gasteiger partial charge in [-0.05, 0) is 53.4 Å². The van der Waals surface area contributed by atoms with Gasteiger partial charge in [0, 0.05) is 16.3 Å². The second-order valence-electron chi connectivity index (χ2n) is 7.20. The summed E-state index contributed by atoms with van der Waals surface area (Å²) < 4.78 is 1.43. The molecule has 146 valence electrons. The predicted octanol–water partition coefficient (Wildman–Crippen LogP) is 4.00. The summed E-state index contributed by atoms with van der Waals surface area (Å²) in [5, 5.41) is 4.69. The molecule has 0 saturated carbocycles. The minimum atomic E-state index is -0.173. The molecule has 5 rings (SSSR count). The number of nitrogens with zero attached hydrogens (tertiary/aromatic N) is 3. The van der Waals surface area contributed by atoms with E-state index in [1.54, 1.807) is 28.7 Å². The molecule has 5 nitrogen and oxygen atoms in total. The van der Waals surface area contributed by atoms with Crippen molar-refractivity contribution in [2.45, 2.75) is 25.9 Å². The maximum absolute atomic E-state index is 13.3. The molecule has 1 aliphatic rings. The van der Waals surface area contributed by atoms with Gasteiger partial charge in [-0.3, -0.25) is 14.2 Å². The SMILES string of the molecule is Cc1cccc2c(=O)n(CC(=O)N3CCc4sccc4C3c3cccs3)cnc12. The van der Waals surface area contributed by atoms with E-state index in [0.29, 0.717) is 17.4 Å². The lowest BCUT2D eigenvalue weighted by molar-refractivity contribution is -0.133. The lowest BCUT2D eigenvalue weighted by Gasteiger charge is -2.35. The van der Waals surface area contributed by atoms with Gasteiger partial charge >= 0.3 is 0 Å². The van der Waals surface area contributed by atoms with Gasteiger partial charge in [-0.1, -0.05) is 18.2 Å². The van der Waals surface area contributed by atoms with Crippen molar-refractivity contribution in [1.82, 2.24) is 14.5 Å². The Labute approximate surface area is 175 Å². The number of aromatic nitrogens is 2. The zero-order valence-electron chi connectivity index (χ0n) is 15.9. The molecule has 0 fully saturated rings. The van der Waals surface area contributed by atoms with Crippen LogP contribution in [-0.2, 0) is 17.8 Å². The van der Waals surface area contributed by atoms with Crippen LogP contribution in [-0.4, -0.2) is 26.9 Å². The molecule has 0 aliphatic carbocycles. The third kappa shape index (κ3) is 3.10. The summed E-state index contributed by atoms with van der Waals surface area (Å²) in [4.78, 5) is 35.1. The lowest BCUT2D eigenvalue weighted by atomic mass is 9.98. The summed E-state index contributed by atoms with van der Waals surface area (Å²) in [6.07, 6.45) is 2.35. The van der Waals surface area contributed by atoms with Gasteiger partial charge in [-0.15, -0.1) is 22.7 Å². The molecule has 0 spiro atoms. The number of rotatable bonds is 3. The van der Waals surface area contributed by atoms with E-state index < -0.39 is 0 Å². The Morgan fingerprint density at radius 2 is 2.07 bits per heavy atom. The fraction of sp³-hybridized carbons (Fsp3) is 0.227. The zero-order chi connectivity index (χ0) is 20.0. The van der Waals surface area contributed by atoms with Gasteiger partial charge in [-0.25, -0.2) is 4.98 Å². The lowest BCUT2D eigenvalue weighted by Crippen LogP contribution is -2.42. The molecule has 7 heteroatoms. The normalized spacial score (nSPS) is 16.2. The molecule has 1 unspecified atom stereocenters. The average molecular weight is 422 g/mol. The second-order valence-corrected chi connectivity index (χ2v) is 9.18. The van der Waals surface area contributed by atoms with E-state index >= 15 is 0 Å². The van der Waals surface area contributed by atoms with Crippen LogP contribution in [0.15, 0.2) is 58.3 Å². The minimum absolute atomic E-state index is 0.00292. The second kappa shape index (κ2) is 7.24. The molecule has 4 heterocycles. The minimum Gasteiger partial charge on any atom is -0.329 e. The van der Waals surface area contributed by atoms with E-state index in [1.165, 1.54) is 21.3 Å². The summed E-state index contributed by atoms with van der Waals surface area (Å²) in [7, 11) is 0. The van der Waals surface area contributed by atoms with Gasteiger partial charge in [0.25, 0.3) is 5.56 Å². The highest BCUT2D eigenvalue weighted by Gasteiger charge is 2.33. The maximum Gasteiger partial charge on any atom is 0.261 e. The van der Waals surface area contributed by atoms with Crippen LogP contribution in [0.3, 0.4) is 0 Å². The van der Waals surface area contributed by atoms with Crippen molar-refractivity contribution >= 4 is 39.5 Å². The predicted molar refractivity (Wildman–Crippen MR) is 117 cm³/mol. The summed E-state index contributed by atoms with van der Waals surface area (Å²) in [6.45, 7) is 2.59. The number of thiophene rings is 2. The van der Waals surface area contributed by atoms with E-state index in [2.05, 4.69) is 22.5 Å². The summed E-state index contributed by atoms with van der Waals surface area (Å²) in [5.41, 5.74) is 2.68. The zero-order valence-corrected chi connectivity index (χ0v) is 17.5. The topological polar surface area (TPSA) is 55.2 Å². The third-order valence-corrected chi connectivity index (χ3v) is 7.38. The number of para-hydroxylation sites is 1. The summed E-state index contributed by atoms with van der Waals surface area (Å²) in [5.74, 6) is -0.0591. The van der Waals surface area contributed by atoms with Crippen molar-refractivity contribution in [3.63, 3.8) is 0 Å². The van der Waals surface area contributed by atoms with Gasteiger partial charge in [0.1, 0.15) is 6.54 Å². The van der Waals surface area contributed by atoms with Gasteiger partial charge in [0.05, 0.1) is 23.3 Å². The highest BCUT2D eigenvalue weighted by molar-refractivity contribution is 7.10. The van der Waals surface area contributed by atoms with Gasteiger partial charge in [-0.2, -0.15) is 0 Å². The number of carbonyl (C=O) groups excluding carboxylic acids is 1. The quantitative estimate of drug-likeness (QED) is 0.502. The molecule has 3 aromatic heterocycles. The van der Waals surface area contributed by atoms with E-state index in [1.807, 2.05) is 35.4 Å². The van der Waals surface area contributed by atoms with Crippen molar-refractivity contribution in [2.75, 3.05) is 6.54 Å². The van der Waals surface area contributed by atoms with Crippen molar-refractivity contribution < 1.29 is 4.79 Å². The van der Waals surface area contributed by atoms with Crippen molar-refractivity contribution in [3.8, 4) is 0 Å². The Balaban J connectivity index is 1.50. The number of hydrogen-bond donors (Lipinski definition) is 0. The van der Waals surface area contributed by atoms with Gasteiger partial charge < -0.3 is 4.90 Å². The largest absolute Gasteiger partial charge is 0.329 e. The van der Waals surface area contributed by atoms with Crippen molar-refractivity contribution in [2.24, 2.45) is 0 Å². The van der Waals surface area contributed by atoms with E-state index in [4.69, 9.17) is 0 Å². The summed E-state index contributed by atoms with van der Waals surface area (Å²) >= 11 is 3.41. The van der Waals surface area contributed by atoms with E-state index in [-0.39, 0.29) is 24.1 Å². The monoisotopic (exact) mass is 421 g/mol. The number of fused-ring (bicyclic) bond motifs is 2. The molecule has 1 aromatic carbocycles. The number of carbonyl (C=O) groups is 1. The molecule has 1 amide bonds. The number of aryl methyl sites for hydroxylation is 1. The molecule has 0 saturated heterocycles. The Bertz CT molecular complexity index is 1260.